The first kappa shape index (κ1) is 22.2. The molecule has 0 radical (unpaired) electrons. The fourth-order valence-electron chi connectivity index (χ4n) is 5.53. The number of hydrogen-bond acceptors (Lipinski definition) is 6. The van der Waals surface area contributed by atoms with Crippen molar-refractivity contribution in [1.29, 1.82) is 0 Å². The molecule has 1 fully saturated rings. The molecule has 2 aromatic heterocycles. The van der Waals surface area contributed by atoms with Crippen LogP contribution in [0.15, 0.2) is 57.7 Å². The van der Waals surface area contributed by atoms with E-state index < -0.39 is 5.97 Å². The zero-order valence-electron chi connectivity index (χ0n) is 19.8. The Kier molecular flexibility index (Phi) is 5.54. The Morgan fingerprint density at radius 3 is 2.69 bits per heavy atom. The van der Waals surface area contributed by atoms with E-state index in [0.29, 0.717) is 23.8 Å². The number of hydrogen-bond donors (Lipinski definition) is 1. The summed E-state index contributed by atoms with van der Waals surface area (Å²) >= 11 is 1.70. The summed E-state index contributed by atoms with van der Waals surface area (Å²) in [7, 11) is 2.13. The molecule has 2 aliphatic carbocycles. The molecule has 0 saturated heterocycles. The van der Waals surface area contributed by atoms with Crippen LogP contribution in [0.2, 0.25) is 0 Å². The van der Waals surface area contributed by atoms with Gasteiger partial charge >= 0.3 is 5.97 Å². The lowest BCUT2D eigenvalue weighted by Crippen LogP contribution is -2.46. The maximum Gasteiger partial charge on any atom is 0.306 e. The van der Waals surface area contributed by atoms with Crippen LogP contribution >= 0.6 is 11.3 Å². The molecule has 1 saturated carbocycles. The number of aryl methyl sites for hydroxylation is 2. The molecule has 35 heavy (non-hydrogen) atoms. The van der Waals surface area contributed by atoms with E-state index >= 15 is 0 Å². The van der Waals surface area contributed by atoms with Gasteiger partial charge in [0.1, 0.15) is 0 Å². The second kappa shape index (κ2) is 8.73. The Bertz CT molecular complexity index is 1390. The fraction of sp³-hybridized carbons (Fsp3) is 0.321. The summed E-state index contributed by atoms with van der Waals surface area (Å²) in [6.07, 6.45) is 3.54. The number of carboxylic acid groups (broad SMARTS) is 1. The van der Waals surface area contributed by atoms with Crippen molar-refractivity contribution >= 4 is 17.3 Å². The molecule has 1 unspecified atom stereocenters. The van der Waals surface area contributed by atoms with Crippen LogP contribution < -0.4 is 0 Å². The maximum absolute atomic E-state index is 11.2. The van der Waals surface area contributed by atoms with Gasteiger partial charge in [0, 0.05) is 23.2 Å². The normalized spacial score (nSPS) is 21.2. The van der Waals surface area contributed by atoms with Gasteiger partial charge in [0.15, 0.2) is 0 Å². The van der Waals surface area contributed by atoms with Crippen molar-refractivity contribution in [2.24, 2.45) is 5.92 Å². The minimum absolute atomic E-state index is 0.186. The van der Waals surface area contributed by atoms with Crippen LogP contribution in [-0.4, -0.2) is 39.2 Å². The molecule has 0 bridgehead atoms. The van der Waals surface area contributed by atoms with Crippen LogP contribution in [0.4, 0.5) is 0 Å². The number of rotatable bonds is 6. The van der Waals surface area contributed by atoms with E-state index in [9.17, 15) is 9.90 Å². The van der Waals surface area contributed by atoms with Crippen LogP contribution in [0.1, 0.15) is 42.0 Å². The number of aromatic nitrogens is 2. The average molecular weight is 486 g/mol. The lowest BCUT2D eigenvalue weighted by molar-refractivity contribution is -0.147. The summed E-state index contributed by atoms with van der Waals surface area (Å²) in [5.74, 6) is 0.270. The lowest BCUT2D eigenvalue weighted by atomic mass is 9.79. The highest BCUT2D eigenvalue weighted by Gasteiger charge is 2.40. The van der Waals surface area contributed by atoms with E-state index in [1.165, 1.54) is 27.8 Å². The highest BCUT2D eigenvalue weighted by atomic mass is 32.1. The third kappa shape index (κ3) is 3.98. The number of nitrogens with zero attached hydrogens (tertiary/aromatic N) is 3. The number of fused-ring (bicyclic) bond motifs is 1. The Morgan fingerprint density at radius 1 is 1.11 bits per heavy atom. The van der Waals surface area contributed by atoms with E-state index in [2.05, 4.69) is 71.2 Å². The van der Waals surface area contributed by atoms with Gasteiger partial charge in [-0.15, -0.1) is 0 Å². The van der Waals surface area contributed by atoms with Crippen molar-refractivity contribution in [3.63, 3.8) is 0 Å². The minimum atomic E-state index is -0.667. The predicted molar refractivity (Wildman–Crippen MR) is 136 cm³/mol. The van der Waals surface area contributed by atoms with Crippen molar-refractivity contribution in [2.75, 3.05) is 7.05 Å². The molecular weight excluding hydrogens is 458 g/mol. The number of benzene rings is 2. The summed E-state index contributed by atoms with van der Waals surface area (Å²) in [6, 6.07) is 15.5. The third-order valence-electron chi connectivity index (χ3n) is 7.71. The number of carbonyl (C=O) groups is 1. The number of carboxylic acids is 1. The van der Waals surface area contributed by atoms with Gasteiger partial charge in [-0.05, 0) is 102 Å². The molecule has 0 amide bonds. The van der Waals surface area contributed by atoms with Crippen molar-refractivity contribution in [3.05, 3.63) is 69.9 Å². The first-order valence-electron chi connectivity index (χ1n) is 12.0. The van der Waals surface area contributed by atoms with Gasteiger partial charge < -0.3 is 9.63 Å². The molecule has 6 rings (SSSR count). The smallest absolute Gasteiger partial charge is 0.306 e. The minimum Gasteiger partial charge on any atom is -0.481 e. The molecule has 7 heteroatoms. The quantitative estimate of drug-likeness (QED) is 0.349. The van der Waals surface area contributed by atoms with Gasteiger partial charge in [-0.2, -0.15) is 16.3 Å². The fourth-order valence-corrected chi connectivity index (χ4v) is 6.19. The van der Waals surface area contributed by atoms with E-state index in [1.807, 2.05) is 6.07 Å². The highest BCUT2D eigenvalue weighted by Crippen LogP contribution is 2.42. The van der Waals surface area contributed by atoms with Crippen molar-refractivity contribution in [2.45, 2.75) is 44.7 Å². The van der Waals surface area contributed by atoms with Gasteiger partial charge in [-0.3, -0.25) is 9.69 Å². The summed E-state index contributed by atoms with van der Waals surface area (Å²) in [5.41, 5.74) is 8.15. The van der Waals surface area contributed by atoms with Gasteiger partial charge in [0.05, 0.1) is 5.92 Å². The molecule has 0 aliphatic heterocycles. The van der Waals surface area contributed by atoms with Crippen LogP contribution in [0, 0.1) is 12.8 Å². The SMILES string of the molecule is Cc1cc(-c2nc(-c3ccc4c(c3)CCC4N(C)C3CC(C(=O)O)C3)no2)ccc1-c1ccsc1. The lowest BCUT2D eigenvalue weighted by Gasteiger charge is -2.42. The van der Waals surface area contributed by atoms with Crippen LogP contribution in [0.5, 0.6) is 0 Å². The van der Waals surface area contributed by atoms with E-state index in [0.717, 1.165) is 36.8 Å². The van der Waals surface area contributed by atoms with Gasteiger partial charge in [-0.25, -0.2) is 0 Å². The Labute approximate surface area is 208 Å². The summed E-state index contributed by atoms with van der Waals surface area (Å²) < 4.78 is 5.64. The van der Waals surface area contributed by atoms with Crippen LogP contribution in [0.25, 0.3) is 34.0 Å². The summed E-state index contributed by atoms with van der Waals surface area (Å²) in [5, 5.41) is 17.7. The van der Waals surface area contributed by atoms with Crippen molar-refractivity contribution in [1.82, 2.24) is 15.0 Å². The first-order valence-corrected chi connectivity index (χ1v) is 13.0. The molecule has 2 aliphatic rings. The summed E-state index contributed by atoms with van der Waals surface area (Å²) in [6.45, 7) is 2.10. The van der Waals surface area contributed by atoms with Gasteiger partial charge in [-0.1, -0.05) is 23.4 Å². The molecule has 2 heterocycles. The second-order valence-electron chi connectivity index (χ2n) is 9.76. The zero-order chi connectivity index (χ0) is 24.1. The van der Waals surface area contributed by atoms with E-state index in [4.69, 9.17) is 9.51 Å². The Balaban J connectivity index is 1.20. The third-order valence-corrected chi connectivity index (χ3v) is 8.39. The predicted octanol–water partition coefficient (Wildman–Crippen LogP) is 6.22. The summed E-state index contributed by atoms with van der Waals surface area (Å²) in [4.78, 5) is 18.2. The number of thiophene rings is 1. The van der Waals surface area contributed by atoms with Crippen molar-refractivity contribution in [3.8, 4) is 34.0 Å². The number of aliphatic carboxylic acids is 1. The van der Waals surface area contributed by atoms with E-state index in [-0.39, 0.29) is 5.92 Å². The Morgan fingerprint density at radius 2 is 1.94 bits per heavy atom. The van der Waals surface area contributed by atoms with Gasteiger partial charge in [0.2, 0.25) is 5.82 Å². The molecule has 2 aromatic carbocycles. The zero-order valence-corrected chi connectivity index (χ0v) is 20.6. The van der Waals surface area contributed by atoms with Gasteiger partial charge in [0.25, 0.3) is 5.89 Å². The molecular formula is C28H27N3O3S. The molecule has 6 nitrogen and oxygen atoms in total. The molecule has 4 aromatic rings. The molecule has 0 spiro atoms. The topological polar surface area (TPSA) is 79.5 Å². The van der Waals surface area contributed by atoms with Crippen LogP contribution in [-0.2, 0) is 11.2 Å². The molecule has 1 N–H and O–H groups in total. The second-order valence-corrected chi connectivity index (χ2v) is 10.5. The van der Waals surface area contributed by atoms with E-state index in [1.54, 1.807) is 11.3 Å². The van der Waals surface area contributed by atoms with Crippen LogP contribution in [0.3, 0.4) is 0 Å². The first-order chi connectivity index (χ1) is 17.0. The average Bonchev–Trinajstić information content (AvgIpc) is 3.57. The molecule has 1 atom stereocenters. The Hall–Kier alpha value is -3.29. The largest absolute Gasteiger partial charge is 0.481 e. The monoisotopic (exact) mass is 485 g/mol. The maximum atomic E-state index is 11.2. The highest BCUT2D eigenvalue weighted by molar-refractivity contribution is 7.08. The standard InChI is InChI=1S/C28H27N3O3S/c1-16-11-19(4-6-23(16)20-9-10-35-15-20)27-29-26(30-34-27)18-3-7-24-17(12-18)5-8-25(24)31(2)22-13-21(14-22)28(32)33/h3-4,6-7,9-12,15,21-22,25H,5,8,13-14H2,1-2H3,(H,32,33). The van der Waals surface area contributed by atoms with Crippen molar-refractivity contribution < 1.29 is 14.4 Å². The molecule has 178 valence electrons.